The van der Waals surface area contributed by atoms with Gasteiger partial charge in [-0.25, -0.2) is 9.97 Å². The molecule has 0 aliphatic heterocycles. The van der Waals surface area contributed by atoms with Crippen LogP contribution in [0.5, 0.6) is 0 Å². The van der Waals surface area contributed by atoms with E-state index in [1.165, 1.54) is 35.8 Å². The number of halogens is 3. The second kappa shape index (κ2) is 8.07. The maximum absolute atomic E-state index is 12.6. The Morgan fingerprint density at radius 1 is 1.11 bits per heavy atom. The third-order valence-corrected chi connectivity index (χ3v) is 5.12. The number of rotatable bonds is 5. The van der Waals surface area contributed by atoms with Crippen LogP contribution in [0.1, 0.15) is 33.4 Å². The van der Waals surface area contributed by atoms with Gasteiger partial charge in [0.1, 0.15) is 5.69 Å². The van der Waals surface area contributed by atoms with E-state index < -0.39 is 17.6 Å². The number of carbonyl (C=O) groups excluding carboxylic acids is 2. The van der Waals surface area contributed by atoms with Gasteiger partial charge in [0.05, 0.1) is 5.56 Å². The van der Waals surface area contributed by atoms with Gasteiger partial charge in [-0.15, -0.1) is 22.7 Å². The van der Waals surface area contributed by atoms with E-state index in [4.69, 9.17) is 0 Å². The molecule has 28 heavy (non-hydrogen) atoms. The lowest BCUT2D eigenvalue weighted by molar-refractivity contribution is -0.137. The molecule has 0 aliphatic rings. The molecular weight excluding hydrogens is 413 g/mol. The number of nitrogens with zero attached hydrogens (tertiary/aromatic N) is 2. The molecule has 0 bridgehead atoms. The van der Waals surface area contributed by atoms with Gasteiger partial charge in [-0.1, -0.05) is 12.1 Å². The molecule has 2 heterocycles. The Kier molecular flexibility index (Phi) is 5.75. The van der Waals surface area contributed by atoms with E-state index in [0.29, 0.717) is 22.2 Å². The van der Waals surface area contributed by atoms with E-state index in [-0.39, 0.29) is 11.6 Å². The van der Waals surface area contributed by atoms with Gasteiger partial charge in [-0.2, -0.15) is 13.2 Å². The molecule has 0 atom stereocenters. The van der Waals surface area contributed by atoms with Gasteiger partial charge >= 0.3 is 6.18 Å². The largest absolute Gasteiger partial charge is 0.416 e. The number of anilines is 2. The van der Waals surface area contributed by atoms with Crippen LogP contribution < -0.4 is 10.6 Å². The summed E-state index contributed by atoms with van der Waals surface area (Å²) in [5.74, 6) is -0.752. The summed E-state index contributed by atoms with van der Waals surface area (Å²) < 4.78 is 37.8. The molecule has 2 amide bonds. The quantitative estimate of drug-likeness (QED) is 0.633. The van der Waals surface area contributed by atoms with Crippen LogP contribution in [0.2, 0.25) is 0 Å². The second-order valence-corrected chi connectivity index (χ2v) is 7.65. The first kappa shape index (κ1) is 20.0. The fraction of sp³-hybridized carbons (Fsp3) is 0.176. The van der Waals surface area contributed by atoms with Crippen LogP contribution in [-0.2, 0) is 17.4 Å². The van der Waals surface area contributed by atoms with Crippen molar-refractivity contribution in [1.82, 2.24) is 9.97 Å². The molecule has 6 nitrogen and oxygen atoms in total. The summed E-state index contributed by atoms with van der Waals surface area (Å²) in [6, 6.07) is 4.90. The highest BCUT2D eigenvalue weighted by molar-refractivity contribution is 7.15. The summed E-state index contributed by atoms with van der Waals surface area (Å²) in [5, 5.41) is 7.28. The van der Waals surface area contributed by atoms with Crippen molar-refractivity contribution in [1.29, 1.82) is 0 Å². The fourth-order valence-corrected chi connectivity index (χ4v) is 3.79. The zero-order chi connectivity index (χ0) is 20.3. The lowest BCUT2D eigenvalue weighted by Gasteiger charge is -2.06. The SMILES string of the molecule is CC(=O)Nc1nc(C(=O)Nc2ncc(Cc3ccc(C(F)(F)F)cc3)s2)cs1. The number of hydrogen-bond donors (Lipinski definition) is 2. The highest BCUT2D eigenvalue weighted by atomic mass is 32.1. The molecule has 3 aromatic rings. The van der Waals surface area contributed by atoms with Crippen LogP contribution >= 0.6 is 22.7 Å². The predicted octanol–water partition coefficient (Wildman–Crippen LogP) is 4.42. The Balaban J connectivity index is 1.61. The van der Waals surface area contributed by atoms with Gasteiger partial charge in [0.25, 0.3) is 5.91 Å². The molecule has 11 heteroatoms. The average molecular weight is 426 g/mol. The second-order valence-electron chi connectivity index (χ2n) is 5.68. The summed E-state index contributed by atoms with van der Waals surface area (Å²) in [5.41, 5.74) is 0.151. The third kappa shape index (κ3) is 5.14. The summed E-state index contributed by atoms with van der Waals surface area (Å²) in [6.45, 7) is 1.34. The van der Waals surface area contributed by atoms with Crippen molar-refractivity contribution in [2.45, 2.75) is 19.5 Å². The molecule has 146 valence electrons. The third-order valence-electron chi connectivity index (χ3n) is 3.45. The highest BCUT2D eigenvalue weighted by Crippen LogP contribution is 2.30. The number of hydrogen-bond acceptors (Lipinski definition) is 6. The maximum atomic E-state index is 12.6. The molecule has 0 radical (unpaired) electrons. The summed E-state index contributed by atoms with van der Waals surface area (Å²) >= 11 is 2.34. The Hall–Kier alpha value is -2.79. The van der Waals surface area contributed by atoms with E-state index in [0.717, 1.165) is 28.3 Å². The zero-order valence-electron chi connectivity index (χ0n) is 14.3. The molecule has 0 aliphatic carbocycles. The van der Waals surface area contributed by atoms with E-state index in [1.807, 2.05) is 0 Å². The number of benzene rings is 1. The van der Waals surface area contributed by atoms with E-state index in [2.05, 4.69) is 20.6 Å². The van der Waals surface area contributed by atoms with Gasteiger partial charge < -0.3 is 5.32 Å². The van der Waals surface area contributed by atoms with E-state index >= 15 is 0 Å². The molecule has 0 unspecified atom stereocenters. The summed E-state index contributed by atoms with van der Waals surface area (Å²) in [4.78, 5) is 32.1. The van der Waals surface area contributed by atoms with Crippen molar-refractivity contribution in [3.8, 4) is 0 Å². The fourth-order valence-electron chi connectivity index (χ4n) is 2.21. The maximum Gasteiger partial charge on any atom is 0.416 e. The molecule has 1 aromatic carbocycles. The number of nitrogens with one attached hydrogen (secondary N) is 2. The Morgan fingerprint density at radius 3 is 2.46 bits per heavy atom. The van der Waals surface area contributed by atoms with Gasteiger partial charge in [-0.3, -0.25) is 14.9 Å². The molecule has 0 spiro atoms. The molecule has 0 saturated heterocycles. The lowest BCUT2D eigenvalue weighted by atomic mass is 10.1. The summed E-state index contributed by atoms with van der Waals surface area (Å²) in [6.07, 6.45) is -2.41. The van der Waals surface area contributed by atoms with Crippen molar-refractivity contribution in [3.63, 3.8) is 0 Å². The van der Waals surface area contributed by atoms with Crippen molar-refractivity contribution < 1.29 is 22.8 Å². The minimum atomic E-state index is -4.37. The number of aromatic nitrogens is 2. The molecule has 0 saturated carbocycles. The van der Waals surface area contributed by atoms with E-state index in [1.54, 1.807) is 6.20 Å². The topological polar surface area (TPSA) is 84.0 Å². The van der Waals surface area contributed by atoms with Gasteiger partial charge in [0.15, 0.2) is 10.3 Å². The van der Waals surface area contributed by atoms with Crippen molar-refractivity contribution in [2.75, 3.05) is 10.6 Å². The van der Waals surface area contributed by atoms with Crippen LogP contribution in [0.25, 0.3) is 0 Å². The number of thiazole rings is 2. The van der Waals surface area contributed by atoms with Crippen molar-refractivity contribution >= 4 is 44.8 Å². The first-order valence-corrected chi connectivity index (χ1v) is 9.55. The minimum absolute atomic E-state index is 0.147. The molecular formula is C17H13F3N4O2S2. The number of alkyl halides is 3. The lowest BCUT2D eigenvalue weighted by Crippen LogP contribution is -2.12. The highest BCUT2D eigenvalue weighted by Gasteiger charge is 2.29. The van der Waals surface area contributed by atoms with Crippen LogP contribution in [0.4, 0.5) is 23.4 Å². The Bertz CT molecular complexity index is 997. The van der Waals surface area contributed by atoms with Crippen molar-refractivity contribution in [2.24, 2.45) is 0 Å². The van der Waals surface area contributed by atoms with Crippen molar-refractivity contribution in [3.05, 3.63) is 57.5 Å². The molecule has 2 N–H and O–H groups in total. The molecule has 3 rings (SSSR count). The first-order valence-electron chi connectivity index (χ1n) is 7.86. The van der Waals surface area contributed by atoms with Crippen LogP contribution in [0.15, 0.2) is 35.8 Å². The Morgan fingerprint density at radius 2 is 1.82 bits per heavy atom. The first-order chi connectivity index (χ1) is 13.2. The van der Waals surface area contributed by atoms with Crippen LogP contribution in [0, 0.1) is 0 Å². The van der Waals surface area contributed by atoms with Gasteiger partial charge in [-0.05, 0) is 17.7 Å². The van der Waals surface area contributed by atoms with Gasteiger partial charge in [0, 0.05) is 29.8 Å². The molecule has 2 aromatic heterocycles. The zero-order valence-corrected chi connectivity index (χ0v) is 16.0. The van der Waals surface area contributed by atoms with Crippen LogP contribution in [-0.4, -0.2) is 21.8 Å². The molecule has 0 fully saturated rings. The average Bonchev–Trinajstić information content (AvgIpc) is 3.24. The standard InChI is InChI=1S/C17H13F3N4O2S2/c1-9(25)22-16-23-13(8-27-16)14(26)24-15-21-7-12(28-15)6-10-2-4-11(5-3-10)17(18,19)20/h2-5,7-8H,6H2,1H3,(H,21,24,26)(H,22,23,25). The van der Waals surface area contributed by atoms with E-state index in [9.17, 15) is 22.8 Å². The minimum Gasteiger partial charge on any atom is -0.302 e. The Labute approximate surface area is 165 Å². The summed E-state index contributed by atoms with van der Waals surface area (Å²) in [7, 11) is 0. The normalized spacial score (nSPS) is 11.3. The van der Waals surface area contributed by atoms with Gasteiger partial charge in [0.2, 0.25) is 5.91 Å². The predicted molar refractivity (Wildman–Crippen MR) is 101 cm³/mol. The van der Waals surface area contributed by atoms with Crippen LogP contribution in [0.3, 0.4) is 0 Å². The monoisotopic (exact) mass is 426 g/mol. The smallest absolute Gasteiger partial charge is 0.302 e. The number of amides is 2. The number of carbonyl (C=O) groups is 2.